The van der Waals surface area contributed by atoms with E-state index in [9.17, 15) is 0 Å². The van der Waals surface area contributed by atoms with Crippen molar-refractivity contribution in [3.63, 3.8) is 0 Å². The Hall–Kier alpha value is -1.96. The van der Waals surface area contributed by atoms with E-state index in [4.69, 9.17) is 9.47 Å². The van der Waals surface area contributed by atoms with Crippen LogP contribution in [0.4, 0.5) is 0 Å². The molecule has 2 heteroatoms. The minimum Gasteiger partial charge on any atom is -0.497 e. The monoisotopic (exact) mass is 270 g/mol. The van der Waals surface area contributed by atoms with Crippen LogP contribution in [0.15, 0.2) is 42.5 Å². The van der Waals surface area contributed by atoms with Gasteiger partial charge in [0, 0.05) is 0 Å². The molecule has 0 radical (unpaired) electrons. The molecule has 0 fully saturated rings. The van der Waals surface area contributed by atoms with E-state index >= 15 is 0 Å². The van der Waals surface area contributed by atoms with Crippen molar-refractivity contribution in [1.29, 1.82) is 0 Å². The average Bonchev–Trinajstić information content (AvgIpc) is 2.38. The highest BCUT2D eigenvalue weighted by Gasteiger charge is 2.11. The summed E-state index contributed by atoms with van der Waals surface area (Å²) in [5, 5.41) is 0. The minimum absolute atomic E-state index is 0.169. The van der Waals surface area contributed by atoms with Crippen molar-refractivity contribution in [2.45, 2.75) is 33.3 Å². The van der Waals surface area contributed by atoms with Gasteiger partial charge in [-0.05, 0) is 68.7 Å². The van der Waals surface area contributed by atoms with Crippen LogP contribution in [0.3, 0.4) is 0 Å². The topological polar surface area (TPSA) is 18.5 Å². The summed E-state index contributed by atoms with van der Waals surface area (Å²) in [5.74, 6) is 1.78. The Balaban J connectivity index is 2.26. The van der Waals surface area contributed by atoms with Crippen LogP contribution in [0, 0.1) is 6.92 Å². The fraction of sp³-hybridized carbons (Fsp3) is 0.333. The SMILES string of the molecule is COc1ccc(-c2ccc(OC(C)(C)C)cc2)c(C)c1. The third-order valence-electron chi connectivity index (χ3n) is 3.02. The summed E-state index contributed by atoms with van der Waals surface area (Å²) in [6.07, 6.45) is 0. The van der Waals surface area contributed by atoms with Crippen LogP contribution in [0.25, 0.3) is 11.1 Å². The standard InChI is InChI=1S/C18H22O2/c1-13-12-16(19-5)10-11-17(13)14-6-8-15(9-7-14)20-18(2,3)4/h6-12H,1-5H3. The molecule has 0 N–H and O–H groups in total. The summed E-state index contributed by atoms with van der Waals surface area (Å²) in [5.41, 5.74) is 3.44. The van der Waals surface area contributed by atoms with Gasteiger partial charge in [-0.2, -0.15) is 0 Å². The molecule has 0 aromatic heterocycles. The van der Waals surface area contributed by atoms with Gasteiger partial charge >= 0.3 is 0 Å². The van der Waals surface area contributed by atoms with Crippen LogP contribution in [-0.2, 0) is 0 Å². The van der Waals surface area contributed by atoms with Crippen LogP contribution < -0.4 is 9.47 Å². The van der Waals surface area contributed by atoms with Crippen molar-refractivity contribution < 1.29 is 9.47 Å². The van der Waals surface area contributed by atoms with Gasteiger partial charge in [-0.15, -0.1) is 0 Å². The molecule has 106 valence electrons. The summed E-state index contributed by atoms with van der Waals surface area (Å²) in [4.78, 5) is 0. The molecule has 0 unspecified atom stereocenters. The minimum atomic E-state index is -0.169. The summed E-state index contributed by atoms with van der Waals surface area (Å²) >= 11 is 0. The molecule has 0 heterocycles. The van der Waals surface area contributed by atoms with Crippen LogP contribution in [0.5, 0.6) is 11.5 Å². The van der Waals surface area contributed by atoms with Crippen molar-refractivity contribution in [3.8, 4) is 22.6 Å². The van der Waals surface area contributed by atoms with E-state index in [-0.39, 0.29) is 5.60 Å². The van der Waals surface area contributed by atoms with Gasteiger partial charge in [0.15, 0.2) is 0 Å². The van der Waals surface area contributed by atoms with Gasteiger partial charge < -0.3 is 9.47 Å². The summed E-state index contributed by atoms with van der Waals surface area (Å²) in [6.45, 7) is 8.25. The zero-order chi connectivity index (χ0) is 14.8. The van der Waals surface area contributed by atoms with Crippen LogP contribution in [-0.4, -0.2) is 12.7 Å². The maximum Gasteiger partial charge on any atom is 0.120 e. The fourth-order valence-corrected chi connectivity index (χ4v) is 2.14. The Bertz CT molecular complexity index is 577. The van der Waals surface area contributed by atoms with Crippen molar-refractivity contribution >= 4 is 0 Å². The normalized spacial score (nSPS) is 11.2. The third-order valence-corrected chi connectivity index (χ3v) is 3.02. The second-order valence-electron chi connectivity index (χ2n) is 5.92. The van der Waals surface area contributed by atoms with Gasteiger partial charge in [-0.3, -0.25) is 0 Å². The average molecular weight is 270 g/mol. The first-order valence-corrected chi connectivity index (χ1v) is 6.83. The van der Waals surface area contributed by atoms with E-state index in [1.165, 1.54) is 16.7 Å². The highest BCUT2D eigenvalue weighted by molar-refractivity contribution is 5.68. The Morgan fingerprint density at radius 1 is 0.850 bits per heavy atom. The Labute approximate surface area is 121 Å². The van der Waals surface area contributed by atoms with Gasteiger partial charge in [0.1, 0.15) is 17.1 Å². The zero-order valence-corrected chi connectivity index (χ0v) is 12.9. The number of benzene rings is 2. The number of hydrogen-bond acceptors (Lipinski definition) is 2. The summed E-state index contributed by atoms with van der Waals surface area (Å²) in [6, 6.07) is 14.4. The predicted molar refractivity (Wildman–Crippen MR) is 83.5 cm³/mol. The third kappa shape index (κ3) is 3.53. The van der Waals surface area contributed by atoms with Crippen molar-refractivity contribution in [2.75, 3.05) is 7.11 Å². The maximum absolute atomic E-state index is 5.84. The van der Waals surface area contributed by atoms with Gasteiger partial charge in [-0.1, -0.05) is 18.2 Å². The first-order valence-electron chi connectivity index (χ1n) is 6.83. The van der Waals surface area contributed by atoms with E-state index in [1.807, 2.05) is 18.2 Å². The molecule has 2 rings (SSSR count). The molecule has 2 aromatic carbocycles. The number of hydrogen-bond donors (Lipinski definition) is 0. The van der Waals surface area contributed by atoms with Gasteiger partial charge in [-0.25, -0.2) is 0 Å². The van der Waals surface area contributed by atoms with Crippen molar-refractivity contribution in [2.24, 2.45) is 0 Å². The Kier molecular flexibility index (Phi) is 4.03. The Morgan fingerprint density at radius 3 is 1.95 bits per heavy atom. The molecule has 0 saturated heterocycles. The molecule has 0 spiro atoms. The quantitative estimate of drug-likeness (QED) is 0.794. The lowest BCUT2D eigenvalue weighted by Crippen LogP contribution is -2.22. The molecule has 2 aromatic rings. The molecular formula is C18H22O2. The molecule has 0 saturated carbocycles. The lowest BCUT2D eigenvalue weighted by atomic mass is 10.0. The largest absolute Gasteiger partial charge is 0.497 e. The lowest BCUT2D eigenvalue weighted by molar-refractivity contribution is 0.131. The zero-order valence-electron chi connectivity index (χ0n) is 12.9. The van der Waals surface area contributed by atoms with Crippen molar-refractivity contribution in [1.82, 2.24) is 0 Å². The molecule has 0 bridgehead atoms. The van der Waals surface area contributed by atoms with E-state index < -0.39 is 0 Å². The van der Waals surface area contributed by atoms with E-state index in [0.717, 1.165) is 11.5 Å². The lowest BCUT2D eigenvalue weighted by Gasteiger charge is -2.21. The predicted octanol–water partition coefficient (Wildman–Crippen LogP) is 4.85. The van der Waals surface area contributed by atoms with Gasteiger partial charge in [0.2, 0.25) is 0 Å². The Morgan fingerprint density at radius 2 is 1.45 bits per heavy atom. The smallest absolute Gasteiger partial charge is 0.120 e. The molecule has 0 aliphatic rings. The second kappa shape index (κ2) is 5.58. The maximum atomic E-state index is 5.84. The number of methoxy groups -OCH3 is 1. The van der Waals surface area contributed by atoms with E-state index in [1.54, 1.807) is 7.11 Å². The summed E-state index contributed by atoms with van der Waals surface area (Å²) < 4.78 is 11.1. The molecule has 0 aliphatic heterocycles. The number of aryl methyl sites for hydroxylation is 1. The van der Waals surface area contributed by atoms with Gasteiger partial charge in [0.25, 0.3) is 0 Å². The first-order chi connectivity index (χ1) is 9.39. The van der Waals surface area contributed by atoms with E-state index in [2.05, 4.69) is 52.0 Å². The van der Waals surface area contributed by atoms with Crippen molar-refractivity contribution in [3.05, 3.63) is 48.0 Å². The first kappa shape index (κ1) is 14.4. The number of ether oxygens (including phenoxy) is 2. The molecular weight excluding hydrogens is 248 g/mol. The molecule has 0 atom stereocenters. The van der Waals surface area contributed by atoms with Gasteiger partial charge in [0.05, 0.1) is 7.11 Å². The van der Waals surface area contributed by atoms with Crippen LogP contribution in [0.2, 0.25) is 0 Å². The van der Waals surface area contributed by atoms with Crippen LogP contribution in [0.1, 0.15) is 26.3 Å². The van der Waals surface area contributed by atoms with E-state index in [0.29, 0.717) is 0 Å². The molecule has 2 nitrogen and oxygen atoms in total. The second-order valence-corrected chi connectivity index (χ2v) is 5.92. The fourth-order valence-electron chi connectivity index (χ4n) is 2.14. The highest BCUT2D eigenvalue weighted by atomic mass is 16.5. The summed E-state index contributed by atoms with van der Waals surface area (Å²) in [7, 11) is 1.69. The molecule has 20 heavy (non-hydrogen) atoms. The molecule has 0 amide bonds. The number of rotatable bonds is 3. The molecule has 0 aliphatic carbocycles. The van der Waals surface area contributed by atoms with Crippen LogP contribution >= 0.6 is 0 Å². The highest BCUT2D eigenvalue weighted by Crippen LogP contribution is 2.29.